The fraction of sp³-hybridized carbons (Fsp3) is 0.0588. The molecule has 190 valence electrons. The van der Waals surface area contributed by atoms with Crippen LogP contribution >= 0.6 is 34.3 Å². The minimum Gasteiger partial charge on any atom is -0.264 e. The van der Waals surface area contributed by atoms with Gasteiger partial charge in [-0.3, -0.25) is 12.2 Å². The first-order chi connectivity index (χ1) is 18.8. The Morgan fingerprint density at radius 1 is 0.385 bits per heavy atom. The van der Waals surface area contributed by atoms with E-state index in [1.807, 2.05) is 0 Å². The number of hydrogen-bond donors (Lipinski definition) is 0. The summed E-state index contributed by atoms with van der Waals surface area (Å²) in [6, 6.07) is 42.7. The predicted molar refractivity (Wildman–Crippen MR) is 176 cm³/mol. The molecule has 0 nitrogen and oxygen atoms in total. The SMILES string of the molecule is [C-]1=C(Pc2ccccc2)C=C(Pc2ccccc2)C1.[C-]1=C(Pc2ccccc2)C=C(Pc2ccccc2)C1.[Ti+2]. The maximum Gasteiger partial charge on any atom is 2.00 e. The molecule has 0 radical (unpaired) electrons. The van der Waals surface area contributed by atoms with E-state index < -0.39 is 0 Å². The summed E-state index contributed by atoms with van der Waals surface area (Å²) in [4.78, 5) is 0. The Morgan fingerprint density at radius 3 is 0.974 bits per heavy atom. The quantitative estimate of drug-likeness (QED) is 0.108. The number of benzene rings is 4. The Hall–Kier alpha value is -1.73. The number of allylic oxidation sites excluding steroid dienone is 8. The van der Waals surface area contributed by atoms with Crippen molar-refractivity contribution in [3.8, 4) is 0 Å². The summed E-state index contributed by atoms with van der Waals surface area (Å²) >= 11 is 0. The van der Waals surface area contributed by atoms with Crippen LogP contribution in [0.5, 0.6) is 0 Å². The molecular formula is C34H30P4Ti. The van der Waals surface area contributed by atoms with Crippen molar-refractivity contribution in [3.63, 3.8) is 0 Å². The zero-order valence-corrected chi connectivity index (χ0v) is 27.2. The number of hydrogen-bond acceptors (Lipinski definition) is 0. The molecule has 0 spiro atoms. The van der Waals surface area contributed by atoms with E-state index in [1.165, 1.54) is 42.5 Å². The summed E-state index contributed by atoms with van der Waals surface area (Å²) in [5.74, 6) is 0. The zero-order chi connectivity index (χ0) is 25.8. The van der Waals surface area contributed by atoms with E-state index in [1.54, 1.807) is 0 Å². The maximum atomic E-state index is 3.52. The Labute approximate surface area is 255 Å². The molecule has 4 aromatic carbocycles. The van der Waals surface area contributed by atoms with Crippen molar-refractivity contribution < 1.29 is 21.7 Å². The molecule has 4 atom stereocenters. The van der Waals surface area contributed by atoms with Crippen LogP contribution in [0.2, 0.25) is 0 Å². The smallest absolute Gasteiger partial charge is 0.264 e. The third-order valence-corrected chi connectivity index (χ3v) is 10.8. The molecule has 0 saturated carbocycles. The first-order valence-electron chi connectivity index (χ1n) is 12.7. The van der Waals surface area contributed by atoms with Crippen molar-refractivity contribution in [2.24, 2.45) is 0 Å². The molecule has 2 aliphatic rings. The van der Waals surface area contributed by atoms with E-state index in [-0.39, 0.29) is 21.7 Å². The predicted octanol–water partition coefficient (Wildman–Crippen LogP) is 7.94. The van der Waals surface area contributed by atoms with Crippen LogP contribution in [0.4, 0.5) is 0 Å². The van der Waals surface area contributed by atoms with Gasteiger partial charge < -0.3 is 0 Å². The van der Waals surface area contributed by atoms with Gasteiger partial charge in [-0.15, -0.1) is 23.5 Å². The molecule has 0 amide bonds. The summed E-state index contributed by atoms with van der Waals surface area (Å²) in [7, 11) is 3.05. The van der Waals surface area contributed by atoms with Crippen molar-refractivity contribution in [2.45, 2.75) is 12.8 Å². The van der Waals surface area contributed by atoms with E-state index in [0.29, 0.717) is 0 Å². The van der Waals surface area contributed by atoms with Gasteiger partial charge in [-0.25, -0.2) is 12.2 Å². The fourth-order valence-corrected chi connectivity index (χ4v) is 8.74. The summed E-state index contributed by atoms with van der Waals surface area (Å²) in [6.45, 7) is 0. The van der Waals surface area contributed by atoms with Crippen LogP contribution in [0.1, 0.15) is 12.8 Å². The van der Waals surface area contributed by atoms with Crippen LogP contribution < -0.4 is 21.2 Å². The molecular weight excluding hydrogens is 580 g/mol. The van der Waals surface area contributed by atoms with Crippen LogP contribution in [0, 0.1) is 12.2 Å². The van der Waals surface area contributed by atoms with Gasteiger partial charge in [0.2, 0.25) is 0 Å². The second-order valence-electron chi connectivity index (χ2n) is 8.84. The molecule has 4 aromatic rings. The maximum absolute atomic E-state index is 3.52. The van der Waals surface area contributed by atoms with Crippen LogP contribution in [-0.4, -0.2) is 0 Å². The summed E-state index contributed by atoms with van der Waals surface area (Å²) < 4.78 is 0. The van der Waals surface area contributed by atoms with Gasteiger partial charge in [0.15, 0.2) is 0 Å². The second-order valence-corrected chi connectivity index (χ2v) is 14.5. The summed E-state index contributed by atoms with van der Waals surface area (Å²) in [5.41, 5.74) is 0. The van der Waals surface area contributed by atoms with Crippen molar-refractivity contribution in [2.75, 3.05) is 0 Å². The van der Waals surface area contributed by atoms with Crippen LogP contribution in [-0.2, 0) is 21.7 Å². The molecule has 2 aliphatic carbocycles. The van der Waals surface area contributed by atoms with Crippen molar-refractivity contribution >= 4 is 55.5 Å². The van der Waals surface area contributed by atoms with Crippen molar-refractivity contribution in [1.29, 1.82) is 0 Å². The fourth-order valence-electron chi connectivity index (χ4n) is 4.02. The molecule has 0 N–H and O–H groups in total. The largest absolute Gasteiger partial charge is 2.00 e. The van der Waals surface area contributed by atoms with Crippen molar-refractivity contribution in [1.82, 2.24) is 0 Å². The molecule has 0 saturated heterocycles. The minimum absolute atomic E-state index is 0. The zero-order valence-electron chi connectivity index (χ0n) is 21.6. The molecule has 0 fully saturated rings. The normalized spacial score (nSPS) is 15.0. The second kappa shape index (κ2) is 16.5. The van der Waals surface area contributed by atoms with E-state index in [2.05, 4.69) is 146 Å². The third-order valence-electron chi connectivity index (χ3n) is 5.84. The van der Waals surface area contributed by atoms with Gasteiger partial charge in [0.05, 0.1) is 0 Å². The average Bonchev–Trinajstić information content (AvgIpc) is 3.60. The Balaban J connectivity index is 0.000000176. The van der Waals surface area contributed by atoms with Crippen LogP contribution in [0.3, 0.4) is 0 Å². The molecule has 0 aromatic heterocycles. The van der Waals surface area contributed by atoms with Gasteiger partial charge >= 0.3 is 21.7 Å². The van der Waals surface area contributed by atoms with E-state index in [0.717, 1.165) is 47.2 Å². The van der Waals surface area contributed by atoms with Gasteiger partial charge in [-0.1, -0.05) is 156 Å². The van der Waals surface area contributed by atoms with Gasteiger partial charge in [0, 0.05) is 0 Å². The van der Waals surface area contributed by atoms with Gasteiger partial charge in [0.25, 0.3) is 0 Å². The first kappa shape index (κ1) is 30.2. The van der Waals surface area contributed by atoms with Crippen LogP contribution in [0.15, 0.2) is 155 Å². The third kappa shape index (κ3) is 10.3. The van der Waals surface area contributed by atoms with E-state index in [4.69, 9.17) is 0 Å². The summed E-state index contributed by atoms with van der Waals surface area (Å²) in [5, 5.41) is 11.4. The van der Waals surface area contributed by atoms with Crippen molar-refractivity contribution in [3.05, 3.63) is 167 Å². The van der Waals surface area contributed by atoms with Gasteiger partial charge in [-0.05, 0) is 21.2 Å². The molecule has 4 unspecified atom stereocenters. The van der Waals surface area contributed by atoms with Gasteiger partial charge in [0.1, 0.15) is 0 Å². The molecule has 0 heterocycles. The van der Waals surface area contributed by atoms with E-state index in [9.17, 15) is 0 Å². The van der Waals surface area contributed by atoms with Gasteiger partial charge in [-0.2, -0.15) is 10.6 Å². The first-order valence-corrected chi connectivity index (χ1v) is 16.7. The molecule has 5 heteroatoms. The molecule has 0 bridgehead atoms. The molecule has 6 rings (SSSR count). The summed E-state index contributed by atoms with van der Waals surface area (Å²) in [6.07, 6.45) is 13.7. The Morgan fingerprint density at radius 2 is 0.667 bits per heavy atom. The monoisotopic (exact) mass is 610 g/mol. The standard InChI is InChI=1S/2C17H15P2.Ti/c2*1-3-7-14(8-4-1)18-16-11-12-17(13-16)19-15-9-5-2-6-10-15;/h2*1-10,13,18-19H,11H2;/q2*-1;+2. The van der Waals surface area contributed by atoms with E-state index >= 15 is 0 Å². The topological polar surface area (TPSA) is 0 Å². The molecule has 0 aliphatic heterocycles. The van der Waals surface area contributed by atoms with Crippen LogP contribution in [0.25, 0.3) is 0 Å². The Kier molecular flexibility index (Phi) is 12.8. The average molecular weight is 610 g/mol. The minimum atomic E-state index is 0. The molecule has 39 heavy (non-hydrogen) atoms. The Bertz CT molecular complexity index is 1320. The number of rotatable bonds is 8.